The number of hydrogen-bond donors (Lipinski definition) is 2. The zero-order chi connectivity index (χ0) is 22.5. The van der Waals surface area contributed by atoms with Crippen molar-refractivity contribution in [3.8, 4) is 22.6 Å². The van der Waals surface area contributed by atoms with Gasteiger partial charge in [0.2, 0.25) is 0 Å². The second kappa shape index (κ2) is 8.96. The first-order valence-corrected chi connectivity index (χ1v) is 11.8. The summed E-state index contributed by atoms with van der Waals surface area (Å²) < 4.78 is 8.00. The van der Waals surface area contributed by atoms with Gasteiger partial charge in [-0.3, -0.25) is 0 Å². The molecule has 2 fully saturated rings. The Balaban J connectivity index is 0.00000241. The molecule has 178 valence electrons. The Hall–Kier alpha value is -3.04. The molecule has 4 aromatic heterocycles. The minimum atomic E-state index is 0. The average molecular weight is 481 g/mol. The van der Waals surface area contributed by atoms with Crippen LogP contribution in [-0.2, 0) is 0 Å². The van der Waals surface area contributed by atoms with Crippen LogP contribution in [0.4, 0.5) is 5.82 Å². The summed E-state index contributed by atoms with van der Waals surface area (Å²) >= 11 is 0. The van der Waals surface area contributed by atoms with E-state index in [4.69, 9.17) is 20.2 Å². The van der Waals surface area contributed by atoms with Crippen LogP contribution in [0.25, 0.3) is 33.7 Å². The van der Waals surface area contributed by atoms with Crippen LogP contribution in [0.1, 0.15) is 68.7 Å². The van der Waals surface area contributed by atoms with Crippen molar-refractivity contribution in [2.75, 3.05) is 18.8 Å². The van der Waals surface area contributed by atoms with Crippen molar-refractivity contribution in [3.05, 3.63) is 36.2 Å². The smallest absolute Gasteiger partial charge is 0.165 e. The fraction of sp³-hybridized carbons (Fsp3) is 0.458. The second-order valence-electron chi connectivity index (χ2n) is 9.41. The summed E-state index contributed by atoms with van der Waals surface area (Å²) in [6.07, 6.45) is 11.9. The number of rotatable bonds is 5. The van der Waals surface area contributed by atoms with Gasteiger partial charge < -0.3 is 20.1 Å². The Kier molecular flexibility index (Phi) is 5.99. The first-order chi connectivity index (χ1) is 16.1. The maximum atomic E-state index is 6.32. The zero-order valence-electron chi connectivity index (χ0n) is 19.4. The van der Waals surface area contributed by atoms with Gasteiger partial charge in [-0.05, 0) is 64.1 Å². The molecule has 0 radical (unpaired) electrons. The van der Waals surface area contributed by atoms with E-state index in [1.54, 1.807) is 0 Å². The van der Waals surface area contributed by atoms with Crippen molar-refractivity contribution in [2.24, 2.45) is 0 Å². The number of nitrogens with two attached hydrogens (primary N) is 1. The highest BCUT2D eigenvalue weighted by Crippen LogP contribution is 2.48. The lowest BCUT2D eigenvalue weighted by molar-refractivity contribution is 0.387. The second-order valence-corrected chi connectivity index (χ2v) is 9.41. The predicted octanol–water partition coefficient (Wildman–Crippen LogP) is 4.47. The molecule has 3 N–H and O–H groups in total. The summed E-state index contributed by atoms with van der Waals surface area (Å²) in [6, 6.07) is 0.203. The number of halogens is 1. The minimum Gasteiger partial charge on any atom is -0.383 e. The molecule has 1 saturated carbocycles. The lowest BCUT2D eigenvalue weighted by atomic mass is 9.92. The van der Waals surface area contributed by atoms with Crippen LogP contribution in [0.15, 0.2) is 29.4 Å². The fourth-order valence-electron chi connectivity index (χ4n) is 4.84. The minimum absolute atomic E-state index is 0. The van der Waals surface area contributed by atoms with Crippen LogP contribution >= 0.6 is 12.4 Å². The molecule has 10 heteroatoms. The summed E-state index contributed by atoms with van der Waals surface area (Å²) in [6.45, 7) is 6.31. The van der Waals surface area contributed by atoms with Crippen LogP contribution in [0.5, 0.6) is 0 Å². The van der Waals surface area contributed by atoms with Gasteiger partial charge in [0.1, 0.15) is 23.5 Å². The number of hydrogen-bond acceptors (Lipinski definition) is 8. The molecule has 0 spiro atoms. The van der Waals surface area contributed by atoms with E-state index in [-0.39, 0.29) is 18.4 Å². The Morgan fingerprint density at radius 3 is 2.44 bits per heavy atom. The van der Waals surface area contributed by atoms with Crippen molar-refractivity contribution >= 4 is 29.3 Å². The third kappa shape index (κ3) is 3.82. The van der Waals surface area contributed by atoms with Gasteiger partial charge in [0.15, 0.2) is 11.6 Å². The van der Waals surface area contributed by atoms with Crippen molar-refractivity contribution in [1.29, 1.82) is 0 Å². The largest absolute Gasteiger partial charge is 0.383 e. The van der Waals surface area contributed by atoms with Gasteiger partial charge in [0.05, 0.1) is 10.9 Å². The molecular formula is C24H29ClN8O. The summed E-state index contributed by atoms with van der Waals surface area (Å²) in [7, 11) is 0. The molecule has 1 saturated heterocycles. The van der Waals surface area contributed by atoms with Crippen LogP contribution in [0, 0.1) is 0 Å². The molecule has 0 bridgehead atoms. The third-order valence-electron chi connectivity index (χ3n) is 6.82. The normalized spacial score (nSPS) is 16.8. The molecule has 0 amide bonds. The monoisotopic (exact) mass is 480 g/mol. The maximum absolute atomic E-state index is 6.32. The highest BCUT2D eigenvalue weighted by Gasteiger charge is 2.35. The van der Waals surface area contributed by atoms with E-state index >= 15 is 0 Å². The molecule has 2 aliphatic rings. The van der Waals surface area contributed by atoms with E-state index in [2.05, 4.69) is 38.9 Å². The molecular weight excluding hydrogens is 452 g/mol. The van der Waals surface area contributed by atoms with Gasteiger partial charge in [0, 0.05) is 36.1 Å². The van der Waals surface area contributed by atoms with Gasteiger partial charge in [-0.1, -0.05) is 5.16 Å². The van der Waals surface area contributed by atoms with E-state index in [1.165, 1.54) is 11.9 Å². The highest BCUT2D eigenvalue weighted by molar-refractivity contribution is 6.02. The van der Waals surface area contributed by atoms with E-state index in [0.717, 1.165) is 66.7 Å². The van der Waals surface area contributed by atoms with Gasteiger partial charge in [-0.25, -0.2) is 19.9 Å². The van der Waals surface area contributed by atoms with E-state index < -0.39 is 0 Å². The molecule has 1 aliphatic carbocycles. The quantitative estimate of drug-likeness (QED) is 0.429. The van der Waals surface area contributed by atoms with Crippen molar-refractivity contribution in [3.63, 3.8) is 0 Å². The van der Waals surface area contributed by atoms with Crippen molar-refractivity contribution in [1.82, 2.24) is 35.0 Å². The number of aromatic nitrogens is 6. The molecule has 4 aromatic rings. The SMILES string of the molecule is CC(C)n1cc(-c2noc(C3CC3)c2-c2ncc(C3CCNCC3)cn2)c2c(N)ncnc21.Cl. The zero-order valence-corrected chi connectivity index (χ0v) is 20.2. The number of nitrogens with one attached hydrogen (secondary N) is 1. The number of nitrogen functional groups attached to an aromatic ring is 1. The molecule has 1 aliphatic heterocycles. The van der Waals surface area contributed by atoms with Gasteiger partial charge >= 0.3 is 0 Å². The van der Waals surface area contributed by atoms with Crippen LogP contribution in [0.2, 0.25) is 0 Å². The van der Waals surface area contributed by atoms with Crippen LogP contribution < -0.4 is 11.1 Å². The molecule has 0 atom stereocenters. The number of nitrogens with zero attached hydrogens (tertiary/aromatic N) is 6. The average Bonchev–Trinajstić information content (AvgIpc) is 3.46. The Labute approximate surface area is 204 Å². The van der Waals surface area contributed by atoms with Crippen molar-refractivity contribution in [2.45, 2.75) is 57.4 Å². The summed E-state index contributed by atoms with van der Waals surface area (Å²) in [5, 5.41) is 8.71. The standard InChI is InChI=1S/C24H28N8O.ClH/c1-13(2)32-11-17(18-22(25)29-12-30-24(18)32)20-19(21(33-31-20)15-3-4-15)23-27-9-16(10-28-23)14-5-7-26-8-6-14;/h9-15,26H,3-8H2,1-2H3,(H2,25,29,30);1H. The summed E-state index contributed by atoms with van der Waals surface area (Å²) in [4.78, 5) is 18.3. The molecule has 0 aromatic carbocycles. The third-order valence-corrected chi connectivity index (χ3v) is 6.82. The topological polar surface area (TPSA) is 121 Å². The van der Waals surface area contributed by atoms with Gasteiger partial charge in [-0.15, -0.1) is 12.4 Å². The Morgan fingerprint density at radius 1 is 1.03 bits per heavy atom. The molecule has 5 heterocycles. The van der Waals surface area contributed by atoms with Crippen LogP contribution in [-0.4, -0.2) is 42.7 Å². The Bertz CT molecular complexity index is 1300. The Morgan fingerprint density at radius 2 is 1.76 bits per heavy atom. The number of fused-ring (bicyclic) bond motifs is 1. The first kappa shape index (κ1) is 22.7. The molecule has 34 heavy (non-hydrogen) atoms. The number of anilines is 1. The van der Waals surface area contributed by atoms with E-state index in [0.29, 0.717) is 29.2 Å². The number of piperidine rings is 1. The van der Waals surface area contributed by atoms with Crippen molar-refractivity contribution < 1.29 is 4.52 Å². The van der Waals surface area contributed by atoms with E-state index in [1.807, 2.05) is 18.6 Å². The van der Waals surface area contributed by atoms with E-state index in [9.17, 15) is 0 Å². The lowest BCUT2D eigenvalue weighted by Gasteiger charge is -2.22. The lowest BCUT2D eigenvalue weighted by Crippen LogP contribution is -2.26. The predicted molar refractivity (Wildman–Crippen MR) is 133 cm³/mol. The molecule has 6 rings (SSSR count). The molecule has 0 unspecified atom stereocenters. The fourth-order valence-corrected chi connectivity index (χ4v) is 4.84. The van der Waals surface area contributed by atoms with Gasteiger partial charge in [-0.2, -0.15) is 0 Å². The molecule has 9 nitrogen and oxygen atoms in total. The maximum Gasteiger partial charge on any atom is 0.165 e. The first-order valence-electron chi connectivity index (χ1n) is 11.8. The van der Waals surface area contributed by atoms with Gasteiger partial charge in [0.25, 0.3) is 0 Å². The van der Waals surface area contributed by atoms with Crippen LogP contribution in [0.3, 0.4) is 0 Å². The summed E-state index contributed by atoms with van der Waals surface area (Å²) in [5.74, 6) is 2.80. The summed E-state index contributed by atoms with van der Waals surface area (Å²) in [5.41, 5.74) is 10.7. The highest BCUT2D eigenvalue weighted by atomic mass is 35.5.